The number of nitrogens with zero attached hydrogens (tertiary/aromatic N) is 5. The quantitative estimate of drug-likeness (QED) is 0.703. The number of aromatic nitrogens is 2. The van der Waals surface area contributed by atoms with Gasteiger partial charge in [0.1, 0.15) is 0 Å². The maximum Gasteiger partial charge on any atom is 0.242 e. The number of para-hydroxylation sites is 1. The Bertz CT molecular complexity index is 822. The van der Waals surface area contributed by atoms with Crippen LogP contribution in [0.15, 0.2) is 35.8 Å². The molecule has 1 amide bonds. The summed E-state index contributed by atoms with van der Waals surface area (Å²) in [5, 5.41) is 3.82. The summed E-state index contributed by atoms with van der Waals surface area (Å²) in [7, 11) is 1.81. The fourth-order valence-corrected chi connectivity index (χ4v) is 4.52. The van der Waals surface area contributed by atoms with Gasteiger partial charge in [0.2, 0.25) is 5.91 Å². The second-order valence-corrected chi connectivity index (χ2v) is 7.88. The van der Waals surface area contributed by atoms with Crippen molar-refractivity contribution < 1.29 is 4.79 Å². The van der Waals surface area contributed by atoms with Crippen LogP contribution in [0.25, 0.3) is 10.2 Å². The number of fused-ring (bicyclic) bond motifs is 1. The molecule has 3 heterocycles. The van der Waals surface area contributed by atoms with Crippen molar-refractivity contribution in [3.8, 4) is 0 Å². The van der Waals surface area contributed by atoms with E-state index in [2.05, 4.69) is 19.8 Å². The maximum atomic E-state index is 12.6. The molecule has 8 heteroatoms. The van der Waals surface area contributed by atoms with Gasteiger partial charge in [-0.05, 0) is 12.1 Å². The zero-order valence-electron chi connectivity index (χ0n) is 14.0. The molecule has 2 aromatic heterocycles. The lowest BCUT2D eigenvalue weighted by atomic mass is 10.3. The number of carbonyl (C=O) groups excluding carboxylic acids is 1. The Morgan fingerprint density at radius 1 is 1.24 bits per heavy atom. The molecule has 0 atom stereocenters. The number of thiazole rings is 2. The highest BCUT2D eigenvalue weighted by Crippen LogP contribution is 2.28. The molecule has 0 unspecified atom stereocenters. The van der Waals surface area contributed by atoms with Crippen molar-refractivity contribution in [2.75, 3.05) is 49.6 Å². The fourth-order valence-electron chi connectivity index (χ4n) is 2.88. The summed E-state index contributed by atoms with van der Waals surface area (Å²) >= 11 is 3.22. The number of hydrogen-bond donors (Lipinski definition) is 0. The van der Waals surface area contributed by atoms with Gasteiger partial charge < -0.3 is 4.90 Å². The Balaban J connectivity index is 1.35. The number of amides is 1. The number of hydrogen-bond acceptors (Lipinski definition) is 7. The van der Waals surface area contributed by atoms with Gasteiger partial charge in [0.05, 0.1) is 16.8 Å². The highest BCUT2D eigenvalue weighted by atomic mass is 32.1. The van der Waals surface area contributed by atoms with Crippen molar-refractivity contribution in [1.82, 2.24) is 14.9 Å². The number of piperazine rings is 1. The molecule has 4 rings (SSSR count). The van der Waals surface area contributed by atoms with Gasteiger partial charge in [-0.15, -0.1) is 11.3 Å². The number of benzene rings is 1. The third-order valence-electron chi connectivity index (χ3n) is 4.36. The first-order chi connectivity index (χ1) is 12.2. The molecule has 1 fully saturated rings. The fraction of sp³-hybridized carbons (Fsp3) is 0.353. The zero-order chi connectivity index (χ0) is 17.2. The summed E-state index contributed by atoms with van der Waals surface area (Å²) in [6, 6.07) is 7.97. The molecular weight excluding hydrogens is 354 g/mol. The first-order valence-corrected chi connectivity index (χ1v) is 9.89. The van der Waals surface area contributed by atoms with Gasteiger partial charge in [-0.25, -0.2) is 9.97 Å². The molecule has 1 saturated heterocycles. The molecule has 1 aliphatic rings. The standard InChI is InChI=1S/C17H19N5OS2/c1-20(17-19-13-4-2-3-5-14(13)25-17)15(23)12-21-7-9-22(10-8-21)16-18-6-11-24-16/h2-6,11H,7-10,12H2,1H3. The predicted molar refractivity (Wildman–Crippen MR) is 104 cm³/mol. The Kier molecular flexibility index (Phi) is 4.65. The monoisotopic (exact) mass is 373 g/mol. The molecule has 0 spiro atoms. The van der Waals surface area contributed by atoms with Crippen molar-refractivity contribution in [2.24, 2.45) is 0 Å². The average molecular weight is 374 g/mol. The van der Waals surface area contributed by atoms with E-state index in [1.165, 1.54) is 0 Å². The van der Waals surface area contributed by atoms with E-state index in [1.807, 2.05) is 42.9 Å². The molecule has 0 bridgehead atoms. The predicted octanol–water partition coefficient (Wildman–Crippen LogP) is 2.54. The van der Waals surface area contributed by atoms with Gasteiger partial charge in [0, 0.05) is 44.8 Å². The van der Waals surface area contributed by atoms with Crippen LogP contribution >= 0.6 is 22.7 Å². The molecule has 0 radical (unpaired) electrons. The van der Waals surface area contributed by atoms with Crippen LogP contribution < -0.4 is 9.80 Å². The normalized spacial score (nSPS) is 15.6. The number of carbonyl (C=O) groups is 1. The number of rotatable bonds is 4. The van der Waals surface area contributed by atoms with E-state index >= 15 is 0 Å². The van der Waals surface area contributed by atoms with Crippen LogP contribution in [-0.4, -0.2) is 60.5 Å². The van der Waals surface area contributed by atoms with Crippen LogP contribution in [0.2, 0.25) is 0 Å². The maximum absolute atomic E-state index is 12.6. The van der Waals surface area contributed by atoms with Gasteiger partial charge in [0.25, 0.3) is 0 Å². The van der Waals surface area contributed by atoms with Gasteiger partial charge in [-0.1, -0.05) is 23.5 Å². The first kappa shape index (κ1) is 16.4. The van der Waals surface area contributed by atoms with Gasteiger partial charge in [-0.2, -0.15) is 0 Å². The van der Waals surface area contributed by atoms with E-state index in [1.54, 1.807) is 27.6 Å². The lowest BCUT2D eigenvalue weighted by Crippen LogP contribution is -2.49. The Morgan fingerprint density at radius 3 is 2.76 bits per heavy atom. The molecule has 0 saturated carbocycles. The average Bonchev–Trinajstić information content (AvgIpc) is 3.31. The minimum Gasteiger partial charge on any atom is -0.346 e. The molecule has 130 valence electrons. The van der Waals surface area contributed by atoms with Crippen LogP contribution in [-0.2, 0) is 4.79 Å². The molecule has 0 aliphatic carbocycles. The van der Waals surface area contributed by atoms with E-state index in [0.29, 0.717) is 6.54 Å². The number of likely N-dealkylation sites (N-methyl/N-ethyl adjacent to an activating group) is 1. The molecule has 1 aliphatic heterocycles. The minimum atomic E-state index is 0.0850. The zero-order valence-corrected chi connectivity index (χ0v) is 15.6. The highest BCUT2D eigenvalue weighted by Gasteiger charge is 2.23. The SMILES string of the molecule is CN(C(=O)CN1CCN(c2nccs2)CC1)c1nc2ccccc2s1. The summed E-state index contributed by atoms with van der Waals surface area (Å²) in [4.78, 5) is 27.7. The lowest BCUT2D eigenvalue weighted by molar-refractivity contribution is -0.119. The Hall–Kier alpha value is -2.03. The van der Waals surface area contributed by atoms with Crippen molar-refractivity contribution in [3.05, 3.63) is 35.8 Å². The van der Waals surface area contributed by atoms with E-state index in [9.17, 15) is 4.79 Å². The summed E-state index contributed by atoms with van der Waals surface area (Å²) in [6.07, 6.45) is 1.84. The smallest absolute Gasteiger partial charge is 0.242 e. The minimum absolute atomic E-state index is 0.0850. The van der Waals surface area contributed by atoms with Crippen LogP contribution in [0.4, 0.5) is 10.3 Å². The van der Waals surface area contributed by atoms with Crippen LogP contribution in [0, 0.1) is 0 Å². The van der Waals surface area contributed by atoms with Gasteiger partial charge in [0.15, 0.2) is 10.3 Å². The summed E-state index contributed by atoms with van der Waals surface area (Å²) in [5.74, 6) is 0.0850. The van der Waals surface area contributed by atoms with Crippen LogP contribution in [0.3, 0.4) is 0 Å². The van der Waals surface area contributed by atoms with E-state index in [4.69, 9.17) is 0 Å². The third-order valence-corrected chi connectivity index (χ3v) is 6.31. The third kappa shape index (κ3) is 3.51. The topological polar surface area (TPSA) is 52.6 Å². The molecule has 25 heavy (non-hydrogen) atoms. The summed E-state index contributed by atoms with van der Waals surface area (Å²) < 4.78 is 1.11. The van der Waals surface area contributed by atoms with Crippen LogP contribution in [0.1, 0.15) is 0 Å². The van der Waals surface area contributed by atoms with E-state index in [-0.39, 0.29) is 5.91 Å². The van der Waals surface area contributed by atoms with E-state index in [0.717, 1.165) is 46.7 Å². The van der Waals surface area contributed by atoms with Gasteiger partial charge >= 0.3 is 0 Å². The first-order valence-electron chi connectivity index (χ1n) is 8.19. The number of anilines is 2. The summed E-state index contributed by atoms with van der Waals surface area (Å²) in [6.45, 7) is 3.99. The molecular formula is C17H19N5OS2. The second kappa shape index (κ2) is 7.07. The van der Waals surface area contributed by atoms with Crippen molar-refractivity contribution in [1.29, 1.82) is 0 Å². The van der Waals surface area contributed by atoms with E-state index < -0.39 is 0 Å². The van der Waals surface area contributed by atoms with Crippen molar-refractivity contribution in [3.63, 3.8) is 0 Å². The lowest BCUT2D eigenvalue weighted by Gasteiger charge is -2.34. The highest BCUT2D eigenvalue weighted by molar-refractivity contribution is 7.22. The molecule has 0 N–H and O–H groups in total. The molecule has 6 nitrogen and oxygen atoms in total. The summed E-state index contributed by atoms with van der Waals surface area (Å²) in [5.41, 5.74) is 0.944. The van der Waals surface area contributed by atoms with Crippen molar-refractivity contribution >= 4 is 49.1 Å². The van der Waals surface area contributed by atoms with Crippen molar-refractivity contribution in [2.45, 2.75) is 0 Å². The van der Waals surface area contributed by atoms with Gasteiger partial charge in [-0.3, -0.25) is 14.6 Å². The largest absolute Gasteiger partial charge is 0.346 e. The van der Waals surface area contributed by atoms with Crippen LogP contribution in [0.5, 0.6) is 0 Å². The molecule has 1 aromatic carbocycles. The Labute approximate surface area is 154 Å². The second-order valence-electron chi connectivity index (χ2n) is 5.99. The molecule has 3 aromatic rings. The Morgan fingerprint density at radius 2 is 2.04 bits per heavy atom.